The highest BCUT2D eigenvalue weighted by Gasteiger charge is 2.33. The number of hydrogen-bond acceptors (Lipinski definition) is 1. The van der Waals surface area contributed by atoms with Crippen molar-refractivity contribution in [1.82, 2.24) is 4.98 Å². The Kier molecular flexibility index (Phi) is 4.50. The van der Waals surface area contributed by atoms with Gasteiger partial charge in [-0.05, 0) is 12.1 Å². The second kappa shape index (κ2) is 4.67. The van der Waals surface area contributed by atoms with Crippen LogP contribution in [0, 0.1) is 0 Å². The SMILES string of the molecule is Cl.FC(F)(F)c1cccnc1CCl. The quantitative estimate of drug-likeness (QED) is 0.677. The predicted molar refractivity (Wildman–Crippen MR) is 46.0 cm³/mol. The number of halogens is 5. The van der Waals surface area contributed by atoms with Gasteiger partial charge in [0.05, 0.1) is 17.1 Å². The maximum atomic E-state index is 12.1. The molecule has 1 rings (SSSR count). The van der Waals surface area contributed by atoms with E-state index in [1.54, 1.807) is 0 Å². The van der Waals surface area contributed by atoms with E-state index in [-0.39, 0.29) is 24.0 Å². The largest absolute Gasteiger partial charge is 0.418 e. The molecule has 0 spiro atoms. The third-order valence-electron chi connectivity index (χ3n) is 1.32. The lowest BCUT2D eigenvalue weighted by Crippen LogP contribution is -2.09. The van der Waals surface area contributed by atoms with Crippen LogP contribution < -0.4 is 0 Å². The second-order valence-electron chi connectivity index (χ2n) is 2.13. The number of hydrogen-bond donors (Lipinski definition) is 0. The van der Waals surface area contributed by atoms with E-state index in [1.165, 1.54) is 12.3 Å². The first-order valence-corrected chi connectivity index (χ1v) is 3.66. The number of pyridine rings is 1. The fraction of sp³-hybridized carbons (Fsp3) is 0.286. The monoisotopic (exact) mass is 231 g/mol. The first kappa shape index (κ1) is 12.5. The first-order valence-electron chi connectivity index (χ1n) is 3.12. The lowest BCUT2D eigenvalue weighted by Gasteiger charge is -2.08. The van der Waals surface area contributed by atoms with Gasteiger partial charge in [-0.25, -0.2) is 0 Å². The molecule has 0 N–H and O–H groups in total. The van der Waals surface area contributed by atoms with E-state index < -0.39 is 11.7 Å². The predicted octanol–water partition coefficient (Wildman–Crippen LogP) is 3.26. The molecule has 0 aliphatic carbocycles. The highest BCUT2D eigenvalue weighted by atomic mass is 35.5. The number of aromatic nitrogens is 1. The van der Waals surface area contributed by atoms with Crippen molar-refractivity contribution in [3.63, 3.8) is 0 Å². The fourth-order valence-corrected chi connectivity index (χ4v) is 1.02. The van der Waals surface area contributed by atoms with Crippen LogP contribution in [0.2, 0.25) is 0 Å². The minimum atomic E-state index is -4.36. The van der Waals surface area contributed by atoms with Crippen molar-refractivity contribution < 1.29 is 13.2 Å². The molecule has 0 aliphatic rings. The summed E-state index contributed by atoms with van der Waals surface area (Å²) in [5, 5.41) is 0. The van der Waals surface area contributed by atoms with Crippen LogP contribution in [0.3, 0.4) is 0 Å². The Morgan fingerprint density at radius 3 is 2.38 bits per heavy atom. The Morgan fingerprint density at radius 1 is 1.38 bits per heavy atom. The lowest BCUT2D eigenvalue weighted by molar-refractivity contribution is -0.138. The molecule has 13 heavy (non-hydrogen) atoms. The molecule has 0 amide bonds. The molecule has 6 heteroatoms. The van der Waals surface area contributed by atoms with E-state index in [2.05, 4.69) is 4.98 Å². The molecular weight excluding hydrogens is 226 g/mol. The zero-order valence-corrected chi connectivity index (χ0v) is 7.88. The molecule has 1 nitrogen and oxygen atoms in total. The number of rotatable bonds is 1. The van der Waals surface area contributed by atoms with Gasteiger partial charge < -0.3 is 0 Å². The summed E-state index contributed by atoms with van der Waals surface area (Å²) in [6.45, 7) is 0. The van der Waals surface area contributed by atoms with E-state index in [1.807, 2.05) is 0 Å². The molecule has 0 fully saturated rings. The van der Waals surface area contributed by atoms with Crippen molar-refractivity contribution in [2.75, 3.05) is 0 Å². The third-order valence-corrected chi connectivity index (χ3v) is 1.58. The van der Waals surface area contributed by atoms with Crippen LogP contribution >= 0.6 is 24.0 Å². The summed E-state index contributed by atoms with van der Waals surface area (Å²) in [5.41, 5.74) is -0.897. The zero-order chi connectivity index (χ0) is 9.19. The van der Waals surface area contributed by atoms with Crippen molar-refractivity contribution in [2.24, 2.45) is 0 Å². The Hall–Kier alpha value is -0.480. The van der Waals surface area contributed by atoms with Crippen LogP contribution in [0.4, 0.5) is 13.2 Å². The van der Waals surface area contributed by atoms with E-state index in [4.69, 9.17) is 11.6 Å². The summed E-state index contributed by atoms with van der Waals surface area (Å²) in [5.74, 6) is -0.227. The minimum absolute atomic E-state index is 0. The van der Waals surface area contributed by atoms with Gasteiger partial charge in [0.2, 0.25) is 0 Å². The van der Waals surface area contributed by atoms with Crippen LogP contribution in [0.1, 0.15) is 11.3 Å². The van der Waals surface area contributed by atoms with E-state index in [0.717, 1.165) is 6.07 Å². The molecule has 1 heterocycles. The number of alkyl halides is 4. The van der Waals surface area contributed by atoms with Gasteiger partial charge in [-0.1, -0.05) is 0 Å². The smallest absolute Gasteiger partial charge is 0.259 e. The Bertz CT molecular complexity index is 275. The average Bonchev–Trinajstić information content (AvgIpc) is 2.03. The first-order chi connectivity index (χ1) is 5.55. The summed E-state index contributed by atoms with van der Waals surface area (Å²) >= 11 is 5.28. The van der Waals surface area contributed by atoms with Gasteiger partial charge >= 0.3 is 6.18 Å². The van der Waals surface area contributed by atoms with E-state index in [0.29, 0.717) is 0 Å². The molecular formula is C7H6Cl2F3N. The van der Waals surface area contributed by atoms with Gasteiger partial charge in [-0.3, -0.25) is 4.98 Å². The highest BCUT2D eigenvalue weighted by Crippen LogP contribution is 2.31. The summed E-state index contributed by atoms with van der Waals surface area (Å²) in [6, 6.07) is 2.20. The maximum absolute atomic E-state index is 12.1. The molecule has 0 bridgehead atoms. The van der Waals surface area contributed by atoms with Gasteiger partial charge in [-0.15, -0.1) is 24.0 Å². The van der Waals surface area contributed by atoms with Crippen LogP contribution in [0.5, 0.6) is 0 Å². The van der Waals surface area contributed by atoms with Gasteiger partial charge in [0.1, 0.15) is 0 Å². The van der Waals surface area contributed by atoms with Gasteiger partial charge in [0, 0.05) is 6.20 Å². The van der Waals surface area contributed by atoms with Crippen LogP contribution in [-0.2, 0) is 12.1 Å². The fourth-order valence-electron chi connectivity index (χ4n) is 0.803. The van der Waals surface area contributed by atoms with Crippen LogP contribution in [0.15, 0.2) is 18.3 Å². The van der Waals surface area contributed by atoms with Crippen molar-refractivity contribution in [3.05, 3.63) is 29.6 Å². The van der Waals surface area contributed by atoms with Gasteiger partial charge in [-0.2, -0.15) is 13.2 Å². The second-order valence-corrected chi connectivity index (χ2v) is 2.40. The Labute approximate surface area is 84.3 Å². The molecule has 1 aromatic rings. The summed E-state index contributed by atoms with van der Waals surface area (Å²) in [4.78, 5) is 3.51. The Morgan fingerprint density at radius 2 is 2.00 bits per heavy atom. The van der Waals surface area contributed by atoms with Crippen molar-refractivity contribution >= 4 is 24.0 Å². The highest BCUT2D eigenvalue weighted by molar-refractivity contribution is 6.17. The molecule has 0 radical (unpaired) electrons. The summed E-state index contributed by atoms with van der Waals surface area (Å²) in [7, 11) is 0. The lowest BCUT2D eigenvalue weighted by atomic mass is 10.2. The van der Waals surface area contributed by atoms with Gasteiger partial charge in [0.25, 0.3) is 0 Å². The van der Waals surface area contributed by atoms with Crippen LogP contribution in [-0.4, -0.2) is 4.98 Å². The number of nitrogens with zero attached hydrogens (tertiary/aromatic N) is 1. The normalized spacial score (nSPS) is 10.8. The maximum Gasteiger partial charge on any atom is 0.418 e. The molecule has 74 valence electrons. The molecule has 0 aliphatic heterocycles. The van der Waals surface area contributed by atoms with E-state index in [9.17, 15) is 13.2 Å². The molecule has 0 saturated carbocycles. The zero-order valence-electron chi connectivity index (χ0n) is 6.31. The van der Waals surface area contributed by atoms with Crippen LogP contribution in [0.25, 0.3) is 0 Å². The summed E-state index contributed by atoms with van der Waals surface area (Å²) in [6.07, 6.45) is -3.08. The standard InChI is InChI=1S/C7H5ClF3N.ClH/c8-4-6-5(7(9,10)11)2-1-3-12-6;/h1-3H,4H2;1H. The molecule has 1 aromatic heterocycles. The van der Waals surface area contributed by atoms with Crippen molar-refractivity contribution in [3.8, 4) is 0 Å². The van der Waals surface area contributed by atoms with Crippen molar-refractivity contribution in [1.29, 1.82) is 0 Å². The molecule has 0 unspecified atom stereocenters. The summed E-state index contributed by atoms with van der Waals surface area (Å²) < 4.78 is 36.4. The van der Waals surface area contributed by atoms with Crippen molar-refractivity contribution in [2.45, 2.75) is 12.1 Å². The van der Waals surface area contributed by atoms with Gasteiger partial charge in [0.15, 0.2) is 0 Å². The average molecular weight is 232 g/mol. The third kappa shape index (κ3) is 3.04. The molecule has 0 atom stereocenters. The Balaban J connectivity index is 0.00000144. The van der Waals surface area contributed by atoms with E-state index >= 15 is 0 Å². The minimum Gasteiger partial charge on any atom is -0.259 e. The topological polar surface area (TPSA) is 12.9 Å². The molecule has 0 aromatic carbocycles. The molecule has 0 saturated heterocycles.